The molecular weight excluding hydrogens is 192 g/mol. The molecule has 14 heavy (non-hydrogen) atoms. The first-order valence-corrected chi connectivity index (χ1v) is 8.52. The molecule has 2 nitrogen and oxygen atoms in total. The van der Waals surface area contributed by atoms with Crippen LogP contribution < -0.4 is 0 Å². The molecule has 0 heterocycles. The summed E-state index contributed by atoms with van der Waals surface area (Å²) in [4.78, 5) is 11.5. The van der Waals surface area contributed by atoms with Crippen LogP contribution in [0.3, 0.4) is 0 Å². The van der Waals surface area contributed by atoms with Crippen molar-refractivity contribution in [2.24, 2.45) is 0 Å². The van der Waals surface area contributed by atoms with E-state index in [-0.39, 0.29) is 11.5 Å². The van der Waals surface area contributed by atoms with Gasteiger partial charge in [0.1, 0.15) is 0 Å². The van der Waals surface area contributed by atoms with Crippen LogP contribution in [0.15, 0.2) is 0 Å². The Hall–Kier alpha value is -0.753. The van der Waals surface area contributed by atoms with E-state index in [1.54, 1.807) is 0 Å². The van der Waals surface area contributed by atoms with Crippen LogP contribution in [-0.2, 0) is 9.53 Å². The van der Waals surface area contributed by atoms with Crippen molar-refractivity contribution >= 4 is 14.0 Å². The Morgan fingerprint density at radius 2 is 2.07 bits per heavy atom. The molecule has 0 aliphatic rings. The molecule has 0 saturated carbocycles. The maximum absolute atomic E-state index is 11.5. The number of ether oxygens (including phenoxy) is 1. The summed E-state index contributed by atoms with van der Waals surface area (Å²) >= 11 is 0. The van der Waals surface area contributed by atoms with Gasteiger partial charge in [-0.2, -0.15) is 0 Å². The van der Waals surface area contributed by atoms with Gasteiger partial charge >= 0.3 is 5.97 Å². The smallest absolute Gasteiger partial charge is 0.305 e. The molecule has 1 atom stereocenters. The van der Waals surface area contributed by atoms with Gasteiger partial charge in [-0.15, -0.1) is 12.3 Å². The van der Waals surface area contributed by atoms with Gasteiger partial charge in [-0.3, -0.25) is 4.79 Å². The first-order chi connectivity index (χ1) is 6.43. The van der Waals surface area contributed by atoms with E-state index in [9.17, 15) is 4.79 Å². The lowest BCUT2D eigenvalue weighted by molar-refractivity contribution is -0.140. The van der Waals surface area contributed by atoms with E-state index in [1.807, 2.05) is 0 Å². The molecule has 0 radical (unpaired) electrons. The molecule has 0 aliphatic carbocycles. The average molecular weight is 212 g/mol. The van der Waals surface area contributed by atoms with Gasteiger partial charge in [0.25, 0.3) is 0 Å². The van der Waals surface area contributed by atoms with E-state index in [4.69, 9.17) is 11.2 Å². The Morgan fingerprint density at radius 3 is 2.43 bits per heavy atom. The van der Waals surface area contributed by atoms with Crippen LogP contribution in [0.4, 0.5) is 0 Å². The molecule has 1 unspecified atom stereocenters. The van der Waals surface area contributed by atoms with Crippen LogP contribution in [0.25, 0.3) is 0 Å². The average Bonchev–Trinajstić information content (AvgIpc) is 2.09. The van der Waals surface area contributed by atoms with Crippen LogP contribution in [0.1, 0.15) is 19.3 Å². The standard InChI is InChI=1S/C11H20O2Si/c1-6-7-8-9-10(11(12)13-2)14(3,4)5/h1,10H,7-9H2,2-5H3. The van der Waals surface area contributed by atoms with Gasteiger partial charge in [-0.05, 0) is 12.8 Å². The summed E-state index contributed by atoms with van der Waals surface area (Å²) in [6.07, 6.45) is 7.71. The highest BCUT2D eigenvalue weighted by Gasteiger charge is 2.32. The first kappa shape index (κ1) is 13.2. The second kappa shape index (κ2) is 5.87. The summed E-state index contributed by atoms with van der Waals surface area (Å²) in [7, 11) is -0.00881. The summed E-state index contributed by atoms with van der Waals surface area (Å²) < 4.78 is 4.81. The van der Waals surface area contributed by atoms with E-state index in [0.717, 1.165) is 19.3 Å². The summed E-state index contributed by atoms with van der Waals surface area (Å²) in [5.41, 5.74) is 0.0841. The lowest BCUT2D eigenvalue weighted by Crippen LogP contribution is -2.34. The highest BCUT2D eigenvalue weighted by atomic mass is 28.3. The molecule has 0 rings (SSSR count). The molecule has 3 heteroatoms. The number of methoxy groups -OCH3 is 1. The van der Waals surface area contributed by atoms with Crippen molar-refractivity contribution in [2.75, 3.05) is 7.11 Å². The molecule has 0 aromatic carbocycles. The quantitative estimate of drug-likeness (QED) is 0.303. The lowest BCUT2D eigenvalue weighted by Gasteiger charge is -2.26. The fourth-order valence-corrected chi connectivity index (χ4v) is 3.35. The highest BCUT2D eigenvalue weighted by molar-refractivity contribution is 6.80. The van der Waals surface area contributed by atoms with Crippen molar-refractivity contribution in [3.8, 4) is 12.3 Å². The normalized spacial score (nSPS) is 13.1. The third-order valence-corrected chi connectivity index (χ3v) is 4.96. The number of hydrogen-bond donors (Lipinski definition) is 0. The van der Waals surface area contributed by atoms with Gasteiger partial charge in [0.15, 0.2) is 0 Å². The number of hydrogen-bond acceptors (Lipinski definition) is 2. The van der Waals surface area contributed by atoms with Gasteiger partial charge in [0, 0.05) is 6.42 Å². The van der Waals surface area contributed by atoms with Crippen LogP contribution in [0, 0.1) is 12.3 Å². The van der Waals surface area contributed by atoms with Crippen molar-refractivity contribution < 1.29 is 9.53 Å². The maximum Gasteiger partial charge on any atom is 0.305 e. The molecule has 0 spiro atoms. The number of carbonyl (C=O) groups is 1. The van der Waals surface area contributed by atoms with Crippen LogP contribution in [0.2, 0.25) is 25.2 Å². The number of terminal acetylenes is 1. The second-order valence-corrected chi connectivity index (χ2v) is 9.97. The minimum Gasteiger partial charge on any atom is -0.469 e. The minimum atomic E-state index is -1.46. The van der Waals surface area contributed by atoms with Crippen molar-refractivity contribution in [3.63, 3.8) is 0 Å². The van der Waals surface area contributed by atoms with E-state index >= 15 is 0 Å². The van der Waals surface area contributed by atoms with Crippen molar-refractivity contribution in [2.45, 2.75) is 44.4 Å². The fraction of sp³-hybridized carbons (Fsp3) is 0.727. The van der Waals surface area contributed by atoms with Gasteiger partial charge in [-0.25, -0.2) is 0 Å². The highest BCUT2D eigenvalue weighted by Crippen LogP contribution is 2.28. The second-order valence-electron chi connectivity index (χ2n) is 4.54. The molecular formula is C11H20O2Si. The Labute approximate surface area is 88.0 Å². The molecule has 0 N–H and O–H groups in total. The SMILES string of the molecule is C#CCCCC(C(=O)OC)[Si](C)(C)C. The molecule has 0 amide bonds. The topological polar surface area (TPSA) is 26.3 Å². The third kappa shape index (κ3) is 4.47. The van der Waals surface area contributed by atoms with Crippen LogP contribution in [0.5, 0.6) is 0 Å². The molecule has 0 aliphatic heterocycles. The third-order valence-electron chi connectivity index (χ3n) is 2.35. The minimum absolute atomic E-state index is 0.0683. The number of esters is 1. The number of rotatable bonds is 5. The van der Waals surface area contributed by atoms with E-state index in [0.29, 0.717) is 0 Å². The monoisotopic (exact) mass is 212 g/mol. The summed E-state index contributed by atoms with van der Waals surface area (Å²) in [5, 5.41) is 0. The molecule has 0 saturated heterocycles. The summed E-state index contributed by atoms with van der Waals surface area (Å²) in [6.45, 7) is 6.55. The molecule has 0 aromatic heterocycles. The molecule has 80 valence electrons. The molecule has 0 aromatic rings. The summed E-state index contributed by atoms with van der Waals surface area (Å²) in [5.74, 6) is 2.53. The van der Waals surface area contributed by atoms with Crippen molar-refractivity contribution in [3.05, 3.63) is 0 Å². The number of unbranched alkanes of at least 4 members (excludes halogenated alkanes) is 1. The zero-order valence-electron chi connectivity index (χ0n) is 9.59. The van der Waals surface area contributed by atoms with Crippen molar-refractivity contribution in [1.82, 2.24) is 0 Å². The first-order valence-electron chi connectivity index (χ1n) is 4.94. The van der Waals surface area contributed by atoms with Crippen LogP contribution >= 0.6 is 0 Å². The Morgan fingerprint density at radius 1 is 1.50 bits per heavy atom. The molecule has 0 bridgehead atoms. The van der Waals surface area contributed by atoms with Gasteiger partial charge in [0.2, 0.25) is 0 Å². The lowest BCUT2D eigenvalue weighted by atomic mass is 10.2. The zero-order chi connectivity index (χ0) is 11.2. The Bertz CT molecular complexity index is 222. The predicted octanol–water partition coefficient (Wildman–Crippen LogP) is 2.67. The zero-order valence-corrected chi connectivity index (χ0v) is 10.6. The van der Waals surface area contributed by atoms with E-state index < -0.39 is 8.07 Å². The number of carbonyl (C=O) groups excluding carboxylic acids is 1. The molecule has 0 fully saturated rings. The largest absolute Gasteiger partial charge is 0.469 e. The van der Waals surface area contributed by atoms with E-state index in [2.05, 4.69) is 25.6 Å². The van der Waals surface area contributed by atoms with Crippen molar-refractivity contribution in [1.29, 1.82) is 0 Å². The maximum atomic E-state index is 11.5. The Kier molecular flexibility index (Phi) is 5.55. The Balaban J connectivity index is 4.28. The fourth-order valence-electron chi connectivity index (χ4n) is 1.45. The van der Waals surface area contributed by atoms with Gasteiger partial charge < -0.3 is 4.74 Å². The summed E-state index contributed by atoms with van der Waals surface area (Å²) in [6, 6.07) is 0. The van der Waals surface area contributed by atoms with Gasteiger partial charge in [0.05, 0.1) is 20.7 Å². The van der Waals surface area contributed by atoms with E-state index in [1.165, 1.54) is 7.11 Å². The predicted molar refractivity (Wildman–Crippen MR) is 61.8 cm³/mol. The van der Waals surface area contributed by atoms with Crippen LogP contribution in [-0.4, -0.2) is 21.2 Å². The van der Waals surface area contributed by atoms with Gasteiger partial charge in [-0.1, -0.05) is 19.6 Å².